The fraction of sp³-hybridized carbons (Fsp3) is 0.500. The molecule has 8 heteroatoms. The van der Waals surface area contributed by atoms with E-state index in [2.05, 4.69) is 40.7 Å². The van der Waals surface area contributed by atoms with Crippen LogP contribution in [0.3, 0.4) is 0 Å². The zero-order valence-corrected chi connectivity index (χ0v) is 13.1. The Morgan fingerprint density at radius 3 is 2.94 bits per heavy atom. The molecular weight excluding hydrogens is 292 g/mol. The van der Waals surface area contributed by atoms with E-state index in [9.17, 15) is 4.79 Å². The van der Waals surface area contributed by atoms with Crippen molar-refractivity contribution in [3.8, 4) is 5.88 Å². The SMILES string of the molecule is CCCCOc1nc(Cl)ncc1C(=O)NC(P)P. The highest BCUT2D eigenvalue weighted by Gasteiger charge is 2.16. The lowest BCUT2D eigenvalue weighted by atomic mass is 10.3. The van der Waals surface area contributed by atoms with Gasteiger partial charge < -0.3 is 10.1 Å². The molecule has 0 aliphatic heterocycles. The van der Waals surface area contributed by atoms with Crippen LogP contribution in [-0.4, -0.2) is 28.0 Å². The summed E-state index contributed by atoms with van der Waals surface area (Å²) >= 11 is 5.70. The Balaban J connectivity index is 2.85. The monoisotopic (exact) mass is 307 g/mol. The summed E-state index contributed by atoms with van der Waals surface area (Å²) in [4.78, 5) is 19.6. The van der Waals surface area contributed by atoms with Gasteiger partial charge in [-0.1, -0.05) is 13.3 Å². The fourth-order valence-electron chi connectivity index (χ4n) is 1.15. The third-order valence-corrected chi connectivity index (χ3v) is 2.52. The number of nitrogens with zero attached hydrogens (tertiary/aromatic N) is 2. The van der Waals surface area contributed by atoms with Gasteiger partial charge in [-0.25, -0.2) is 4.98 Å². The number of aromatic nitrogens is 2. The van der Waals surface area contributed by atoms with Crippen LogP contribution in [0.25, 0.3) is 0 Å². The lowest BCUT2D eigenvalue weighted by molar-refractivity contribution is 0.0952. The average molecular weight is 308 g/mol. The normalized spacial score (nSPS) is 10.5. The van der Waals surface area contributed by atoms with Gasteiger partial charge >= 0.3 is 0 Å². The number of hydrogen-bond acceptors (Lipinski definition) is 4. The topological polar surface area (TPSA) is 64.1 Å². The van der Waals surface area contributed by atoms with Crippen LogP contribution in [0.1, 0.15) is 30.1 Å². The highest BCUT2D eigenvalue weighted by molar-refractivity contribution is 7.37. The minimum Gasteiger partial charge on any atom is -0.477 e. The van der Waals surface area contributed by atoms with Crippen molar-refractivity contribution in [1.29, 1.82) is 0 Å². The first kappa shape index (κ1) is 15.6. The average Bonchev–Trinajstić information content (AvgIpc) is 2.28. The molecule has 0 radical (unpaired) electrons. The van der Waals surface area contributed by atoms with Crippen LogP contribution in [0.15, 0.2) is 6.20 Å². The molecule has 1 heterocycles. The maximum atomic E-state index is 11.9. The first-order valence-electron chi connectivity index (χ1n) is 5.52. The van der Waals surface area contributed by atoms with Crippen molar-refractivity contribution in [1.82, 2.24) is 15.3 Å². The molecule has 0 aromatic carbocycles. The number of nitrogens with one attached hydrogen (secondary N) is 1. The van der Waals surface area contributed by atoms with E-state index < -0.39 is 0 Å². The van der Waals surface area contributed by atoms with Crippen LogP contribution in [0.5, 0.6) is 5.88 Å². The fourth-order valence-corrected chi connectivity index (χ4v) is 1.58. The molecule has 1 aromatic heterocycles. The van der Waals surface area contributed by atoms with Crippen LogP contribution in [0.2, 0.25) is 5.28 Å². The first-order valence-corrected chi connectivity index (χ1v) is 7.23. The summed E-state index contributed by atoms with van der Waals surface area (Å²) in [5, 5.41) is 2.75. The molecule has 1 aromatic rings. The molecule has 2 unspecified atom stereocenters. The summed E-state index contributed by atoms with van der Waals surface area (Å²) in [7, 11) is 4.89. The molecule has 1 rings (SSSR count). The summed E-state index contributed by atoms with van der Waals surface area (Å²) in [5.41, 5.74) is 0.155. The van der Waals surface area contributed by atoms with Crippen molar-refractivity contribution >= 4 is 36.0 Å². The van der Waals surface area contributed by atoms with Crippen LogP contribution >= 0.6 is 30.1 Å². The molecule has 18 heavy (non-hydrogen) atoms. The minimum absolute atomic E-state index is 0.0614. The van der Waals surface area contributed by atoms with E-state index in [1.54, 1.807) is 0 Å². The largest absolute Gasteiger partial charge is 0.477 e. The number of carbonyl (C=O) groups excluding carboxylic acids is 1. The van der Waals surface area contributed by atoms with E-state index in [-0.39, 0.29) is 28.2 Å². The molecule has 0 saturated carbocycles. The second-order valence-corrected chi connectivity index (χ2v) is 6.10. The van der Waals surface area contributed by atoms with E-state index in [1.807, 2.05) is 0 Å². The Bertz CT molecular complexity index is 418. The lowest BCUT2D eigenvalue weighted by Gasteiger charge is -2.11. The molecule has 0 bridgehead atoms. The Morgan fingerprint density at radius 1 is 1.61 bits per heavy atom. The van der Waals surface area contributed by atoms with Crippen molar-refractivity contribution < 1.29 is 9.53 Å². The molecule has 0 aliphatic carbocycles. The number of ether oxygens (including phenoxy) is 1. The van der Waals surface area contributed by atoms with Crippen LogP contribution < -0.4 is 10.1 Å². The van der Waals surface area contributed by atoms with Gasteiger partial charge in [-0.05, 0) is 18.0 Å². The molecule has 1 N–H and O–H groups in total. The zero-order chi connectivity index (χ0) is 13.5. The second kappa shape index (κ2) is 7.83. The molecule has 5 nitrogen and oxygen atoms in total. The van der Waals surface area contributed by atoms with Gasteiger partial charge in [0.05, 0.1) is 12.1 Å². The van der Waals surface area contributed by atoms with Gasteiger partial charge in [-0.3, -0.25) is 4.79 Å². The van der Waals surface area contributed by atoms with Crippen LogP contribution in [-0.2, 0) is 0 Å². The minimum atomic E-state index is -0.298. The van der Waals surface area contributed by atoms with E-state index in [1.165, 1.54) is 6.20 Å². The Labute approximate surface area is 116 Å². The Hall–Kier alpha value is -0.500. The molecule has 0 saturated heterocycles. The maximum absolute atomic E-state index is 11.9. The number of amides is 1. The van der Waals surface area contributed by atoms with Gasteiger partial charge in [0.15, 0.2) is 0 Å². The van der Waals surface area contributed by atoms with Gasteiger partial charge in [0.2, 0.25) is 11.2 Å². The molecule has 0 aliphatic rings. The molecule has 100 valence electrons. The predicted molar refractivity (Wildman–Crippen MR) is 78.1 cm³/mol. The predicted octanol–water partition coefficient (Wildman–Crippen LogP) is 2.07. The van der Waals surface area contributed by atoms with Crippen molar-refractivity contribution in [3.63, 3.8) is 0 Å². The standard InChI is InChI=1S/C10H16ClN3O2P2/c1-2-3-4-16-8-6(5-12-9(11)14-8)7(15)13-10(17)18/h5,10H,2-4,17-18H2,1H3,(H,13,15). The zero-order valence-electron chi connectivity index (χ0n) is 10.0. The molecule has 1 amide bonds. The third-order valence-electron chi connectivity index (χ3n) is 2.00. The van der Waals surface area contributed by atoms with Gasteiger partial charge in [0.25, 0.3) is 5.91 Å². The summed E-state index contributed by atoms with van der Waals surface area (Å²) < 4.78 is 5.45. The third kappa shape index (κ3) is 5.01. The van der Waals surface area contributed by atoms with Crippen LogP contribution in [0.4, 0.5) is 0 Å². The van der Waals surface area contributed by atoms with Crippen molar-refractivity contribution in [2.75, 3.05) is 6.61 Å². The molecular formula is C10H16ClN3O2P2. The van der Waals surface area contributed by atoms with Gasteiger partial charge in [-0.2, -0.15) is 4.98 Å². The number of unbranched alkanes of at least 4 members (excludes halogenated alkanes) is 1. The first-order chi connectivity index (χ1) is 8.54. The number of carbonyl (C=O) groups is 1. The highest BCUT2D eigenvalue weighted by atomic mass is 35.5. The van der Waals surface area contributed by atoms with E-state index in [4.69, 9.17) is 16.3 Å². The summed E-state index contributed by atoms with van der Waals surface area (Å²) in [6, 6.07) is 0. The van der Waals surface area contributed by atoms with E-state index >= 15 is 0 Å². The Kier molecular flexibility index (Phi) is 6.77. The van der Waals surface area contributed by atoms with Crippen molar-refractivity contribution in [2.45, 2.75) is 25.3 Å². The van der Waals surface area contributed by atoms with Gasteiger partial charge in [-0.15, -0.1) is 18.5 Å². The highest BCUT2D eigenvalue weighted by Crippen LogP contribution is 2.18. The number of rotatable bonds is 6. The van der Waals surface area contributed by atoms with E-state index in [0.717, 1.165) is 12.8 Å². The van der Waals surface area contributed by atoms with Gasteiger partial charge in [0.1, 0.15) is 5.56 Å². The molecule has 2 atom stereocenters. The second-order valence-electron chi connectivity index (χ2n) is 3.56. The van der Waals surface area contributed by atoms with Crippen molar-refractivity contribution in [2.24, 2.45) is 0 Å². The summed E-state index contributed by atoms with van der Waals surface area (Å²) in [6.07, 6.45) is 3.25. The maximum Gasteiger partial charge on any atom is 0.259 e. The lowest BCUT2D eigenvalue weighted by Crippen LogP contribution is -2.27. The summed E-state index contributed by atoms with van der Waals surface area (Å²) in [5.74, 6) is -0.0789. The van der Waals surface area contributed by atoms with E-state index in [0.29, 0.717) is 6.61 Å². The molecule has 0 spiro atoms. The number of hydrogen-bond donors (Lipinski definition) is 1. The van der Waals surface area contributed by atoms with Gasteiger partial charge in [0, 0.05) is 6.20 Å². The summed E-state index contributed by atoms with van der Waals surface area (Å²) in [6.45, 7) is 2.55. The molecule has 0 fully saturated rings. The quantitative estimate of drug-likeness (QED) is 0.496. The number of halogens is 1. The Morgan fingerprint density at radius 2 is 2.33 bits per heavy atom. The van der Waals surface area contributed by atoms with Crippen LogP contribution in [0, 0.1) is 0 Å². The van der Waals surface area contributed by atoms with Crippen molar-refractivity contribution in [3.05, 3.63) is 17.0 Å². The smallest absolute Gasteiger partial charge is 0.259 e.